The van der Waals surface area contributed by atoms with Crippen LogP contribution in [0, 0.1) is 13.8 Å². The molecule has 3 aromatic heterocycles. The van der Waals surface area contributed by atoms with Crippen molar-refractivity contribution in [2.45, 2.75) is 46.4 Å². The summed E-state index contributed by atoms with van der Waals surface area (Å²) in [7, 11) is 1.79. The number of carbonyl (C=O) groups excluding carboxylic acids is 1. The smallest absolute Gasteiger partial charge is 0.272 e. The van der Waals surface area contributed by atoms with Gasteiger partial charge in [-0.1, -0.05) is 11.3 Å². The van der Waals surface area contributed by atoms with E-state index in [-0.39, 0.29) is 18.1 Å². The lowest BCUT2D eigenvalue weighted by atomic mass is 10.1. The zero-order valence-electron chi connectivity index (χ0n) is 18.5. The molecule has 164 valence electrons. The van der Waals surface area contributed by atoms with Crippen LogP contribution in [0.3, 0.4) is 0 Å². The predicted octanol–water partition coefficient (Wildman–Crippen LogP) is 3.10. The van der Waals surface area contributed by atoms with Gasteiger partial charge in [0, 0.05) is 37.7 Å². The molecule has 1 N–H and O–H groups in total. The third kappa shape index (κ3) is 4.94. The van der Waals surface area contributed by atoms with Crippen LogP contribution in [0.2, 0.25) is 0 Å². The van der Waals surface area contributed by atoms with Crippen LogP contribution in [0.4, 0.5) is 5.13 Å². The fourth-order valence-electron chi connectivity index (χ4n) is 3.91. The van der Waals surface area contributed by atoms with Crippen molar-refractivity contribution in [3.8, 4) is 10.4 Å². The number of rotatable bonds is 5. The van der Waals surface area contributed by atoms with E-state index in [1.54, 1.807) is 35.3 Å². The predicted molar refractivity (Wildman–Crippen MR) is 121 cm³/mol. The number of carbonyl (C=O) groups is 1. The summed E-state index contributed by atoms with van der Waals surface area (Å²) in [5, 5.41) is 8.10. The lowest BCUT2D eigenvalue weighted by Crippen LogP contribution is -2.45. The van der Waals surface area contributed by atoms with E-state index in [1.165, 1.54) is 0 Å². The summed E-state index contributed by atoms with van der Waals surface area (Å²) in [6.45, 7) is 10.1. The highest BCUT2D eigenvalue weighted by Crippen LogP contribution is 2.36. The SMILES string of the molecule is Cc1cc(-c2sc(N3C[C@@H](C)O[C@@H](C)C3)nc2CNC(=O)c2ccn(C)n2)cc(C)n1. The van der Waals surface area contributed by atoms with Gasteiger partial charge in [0.25, 0.3) is 5.91 Å². The lowest BCUT2D eigenvalue weighted by molar-refractivity contribution is -0.00523. The van der Waals surface area contributed by atoms with E-state index < -0.39 is 0 Å². The average molecular weight is 441 g/mol. The number of morpholine rings is 1. The Balaban J connectivity index is 1.64. The Labute approximate surface area is 186 Å². The second-order valence-corrected chi connectivity index (χ2v) is 9.11. The number of nitrogens with zero attached hydrogens (tertiary/aromatic N) is 5. The van der Waals surface area contributed by atoms with E-state index in [2.05, 4.69) is 46.3 Å². The number of aryl methyl sites for hydroxylation is 3. The Morgan fingerprint density at radius 1 is 1.19 bits per heavy atom. The van der Waals surface area contributed by atoms with Crippen molar-refractivity contribution in [2.24, 2.45) is 7.05 Å². The molecule has 31 heavy (non-hydrogen) atoms. The van der Waals surface area contributed by atoms with E-state index >= 15 is 0 Å². The molecule has 4 rings (SSSR count). The van der Waals surface area contributed by atoms with Crippen LogP contribution >= 0.6 is 11.3 Å². The van der Waals surface area contributed by atoms with Gasteiger partial charge < -0.3 is 15.0 Å². The van der Waals surface area contributed by atoms with Crippen LogP contribution in [-0.2, 0) is 18.3 Å². The second-order valence-electron chi connectivity index (χ2n) is 8.13. The number of thiazole rings is 1. The Morgan fingerprint density at radius 3 is 2.48 bits per heavy atom. The Bertz CT molecular complexity index is 1060. The van der Waals surface area contributed by atoms with Gasteiger partial charge in [-0.2, -0.15) is 5.10 Å². The van der Waals surface area contributed by atoms with Crippen molar-refractivity contribution >= 4 is 22.4 Å². The summed E-state index contributed by atoms with van der Waals surface area (Å²) in [4.78, 5) is 25.3. The normalized spacial score (nSPS) is 18.9. The van der Waals surface area contributed by atoms with Gasteiger partial charge in [-0.05, 0) is 51.5 Å². The maximum atomic E-state index is 12.5. The first kappa shape index (κ1) is 21.5. The van der Waals surface area contributed by atoms with Gasteiger partial charge in [-0.15, -0.1) is 0 Å². The number of pyridine rings is 1. The highest BCUT2D eigenvalue weighted by atomic mass is 32.1. The summed E-state index contributed by atoms with van der Waals surface area (Å²) in [5.41, 5.74) is 4.24. The summed E-state index contributed by atoms with van der Waals surface area (Å²) in [5.74, 6) is -0.211. The van der Waals surface area contributed by atoms with Crippen molar-refractivity contribution < 1.29 is 9.53 Å². The first-order chi connectivity index (χ1) is 14.8. The molecule has 0 unspecified atom stereocenters. The second kappa shape index (κ2) is 8.76. The van der Waals surface area contributed by atoms with Gasteiger partial charge in [-0.25, -0.2) is 4.98 Å². The van der Waals surface area contributed by atoms with Crippen LogP contribution in [0.1, 0.15) is 41.4 Å². The molecule has 2 atom stereocenters. The average Bonchev–Trinajstić information content (AvgIpc) is 3.31. The van der Waals surface area contributed by atoms with Gasteiger partial charge in [0.2, 0.25) is 0 Å². The molecule has 0 bridgehead atoms. The molecular formula is C22H28N6O2S. The molecule has 1 aliphatic heterocycles. The third-order valence-corrected chi connectivity index (χ3v) is 6.29. The third-order valence-electron chi connectivity index (χ3n) is 5.08. The largest absolute Gasteiger partial charge is 0.372 e. The van der Waals surface area contributed by atoms with Crippen molar-refractivity contribution in [3.63, 3.8) is 0 Å². The number of ether oxygens (including phenoxy) is 1. The zero-order valence-corrected chi connectivity index (χ0v) is 19.4. The van der Waals surface area contributed by atoms with E-state index in [0.717, 1.165) is 45.7 Å². The highest BCUT2D eigenvalue weighted by Gasteiger charge is 2.26. The highest BCUT2D eigenvalue weighted by molar-refractivity contribution is 7.19. The van der Waals surface area contributed by atoms with Crippen LogP contribution in [0.25, 0.3) is 10.4 Å². The summed E-state index contributed by atoms with van der Waals surface area (Å²) < 4.78 is 7.50. The molecule has 0 aromatic carbocycles. The zero-order chi connectivity index (χ0) is 22.1. The minimum absolute atomic E-state index is 0.147. The molecule has 1 aliphatic rings. The minimum Gasteiger partial charge on any atom is -0.372 e. The number of anilines is 1. The molecule has 3 aromatic rings. The number of amides is 1. The van der Waals surface area contributed by atoms with Crippen LogP contribution in [0.15, 0.2) is 24.4 Å². The fraction of sp³-hybridized carbons (Fsp3) is 0.455. The molecular weight excluding hydrogens is 412 g/mol. The minimum atomic E-state index is -0.211. The van der Waals surface area contributed by atoms with Crippen LogP contribution in [-0.4, -0.2) is 51.0 Å². The summed E-state index contributed by atoms with van der Waals surface area (Å²) in [6.07, 6.45) is 2.05. The van der Waals surface area contributed by atoms with Crippen molar-refractivity contribution in [1.82, 2.24) is 25.1 Å². The summed E-state index contributed by atoms with van der Waals surface area (Å²) in [6, 6.07) is 5.84. The van der Waals surface area contributed by atoms with Gasteiger partial charge in [0.05, 0.1) is 29.3 Å². The van der Waals surface area contributed by atoms with Gasteiger partial charge >= 0.3 is 0 Å². The van der Waals surface area contributed by atoms with Gasteiger partial charge in [0.1, 0.15) is 5.69 Å². The maximum absolute atomic E-state index is 12.5. The quantitative estimate of drug-likeness (QED) is 0.656. The van der Waals surface area contributed by atoms with Gasteiger partial charge in [0.15, 0.2) is 5.13 Å². The monoisotopic (exact) mass is 440 g/mol. The molecule has 0 radical (unpaired) electrons. The first-order valence-corrected chi connectivity index (χ1v) is 11.2. The van der Waals surface area contributed by atoms with E-state index in [9.17, 15) is 4.79 Å². The van der Waals surface area contributed by atoms with E-state index in [4.69, 9.17) is 9.72 Å². The molecule has 9 heteroatoms. The standard InChI is InChI=1S/C22H28N6O2S/c1-13-8-17(9-14(2)24-13)20-19(10-23-21(29)18-6-7-27(5)26-18)25-22(31-20)28-11-15(3)30-16(4)12-28/h6-9,15-16H,10-12H2,1-5H3,(H,23,29)/t15-,16+. The molecule has 0 spiro atoms. The van der Waals surface area contributed by atoms with Crippen LogP contribution < -0.4 is 10.2 Å². The van der Waals surface area contributed by atoms with Gasteiger partial charge in [-0.3, -0.25) is 14.5 Å². The molecule has 1 saturated heterocycles. The first-order valence-electron chi connectivity index (χ1n) is 10.4. The van der Waals surface area contributed by atoms with Crippen molar-refractivity contribution in [1.29, 1.82) is 0 Å². The van der Waals surface area contributed by atoms with E-state index in [0.29, 0.717) is 12.2 Å². The van der Waals surface area contributed by atoms with E-state index in [1.807, 2.05) is 13.8 Å². The van der Waals surface area contributed by atoms with Crippen LogP contribution in [0.5, 0.6) is 0 Å². The molecule has 0 aliphatic carbocycles. The topological polar surface area (TPSA) is 85.2 Å². The number of hydrogen-bond donors (Lipinski definition) is 1. The molecule has 1 fully saturated rings. The summed E-state index contributed by atoms with van der Waals surface area (Å²) >= 11 is 1.65. The Morgan fingerprint density at radius 2 is 1.87 bits per heavy atom. The number of aromatic nitrogens is 4. The Hall–Kier alpha value is -2.78. The maximum Gasteiger partial charge on any atom is 0.272 e. The van der Waals surface area contributed by atoms with Crippen molar-refractivity contribution in [2.75, 3.05) is 18.0 Å². The molecule has 0 saturated carbocycles. The molecule has 1 amide bonds. The Kier molecular flexibility index (Phi) is 6.06. The van der Waals surface area contributed by atoms with Crippen molar-refractivity contribution in [3.05, 3.63) is 47.2 Å². The number of nitrogens with one attached hydrogen (secondary N) is 1. The fourth-order valence-corrected chi connectivity index (χ4v) is 5.00. The lowest BCUT2D eigenvalue weighted by Gasteiger charge is -2.35. The molecule has 8 nitrogen and oxygen atoms in total. The molecule has 4 heterocycles. The number of hydrogen-bond acceptors (Lipinski definition) is 7.